The Labute approximate surface area is 101 Å². The highest BCUT2D eigenvalue weighted by Gasteiger charge is 2.32. The first-order chi connectivity index (χ1) is 7.99. The van der Waals surface area contributed by atoms with E-state index in [0.717, 1.165) is 15.4 Å². The molecular weight excluding hydrogens is 238 g/mol. The number of hydrogen-bond donors (Lipinski definition) is 0. The summed E-state index contributed by atoms with van der Waals surface area (Å²) in [6, 6.07) is 7.56. The number of nitrogens with zero attached hydrogens (tertiary/aromatic N) is 1. The quantitative estimate of drug-likeness (QED) is 0.793. The second kappa shape index (κ2) is 4.49. The lowest BCUT2D eigenvalue weighted by molar-refractivity contribution is -0.125. The fraction of sp³-hybridized carbons (Fsp3) is 0.417. The van der Waals surface area contributed by atoms with E-state index in [-0.39, 0.29) is 18.1 Å². The van der Waals surface area contributed by atoms with Crippen molar-refractivity contribution < 1.29 is 13.2 Å². The molecule has 0 radical (unpaired) electrons. The van der Waals surface area contributed by atoms with Crippen LogP contribution in [-0.2, 0) is 21.2 Å². The fourth-order valence-corrected chi connectivity index (χ4v) is 3.50. The highest BCUT2D eigenvalue weighted by Crippen LogP contribution is 2.15. The highest BCUT2D eigenvalue weighted by molar-refractivity contribution is 7.89. The Morgan fingerprint density at radius 1 is 1.41 bits per heavy atom. The SMILES string of the molecule is Cc1cccc(CC(=O)N2CCCS2(=O)=O)c1. The van der Waals surface area contributed by atoms with Crippen molar-refractivity contribution in [2.45, 2.75) is 19.8 Å². The first-order valence-electron chi connectivity index (χ1n) is 5.58. The summed E-state index contributed by atoms with van der Waals surface area (Å²) in [6.07, 6.45) is 0.697. The van der Waals surface area contributed by atoms with E-state index < -0.39 is 10.0 Å². The monoisotopic (exact) mass is 253 g/mol. The van der Waals surface area contributed by atoms with E-state index in [9.17, 15) is 13.2 Å². The van der Waals surface area contributed by atoms with Crippen molar-refractivity contribution in [1.82, 2.24) is 4.31 Å². The van der Waals surface area contributed by atoms with Gasteiger partial charge in [0.15, 0.2) is 0 Å². The maximum Gasteiger partial charge on any atom is 0.240 e. The van der Waals surface area contributed by atoms with Crippen molar-refractivity contribution in [3.05, 3.63) is 35.4 Å². The number of aryl methyl sites for hydroxylation is 1. The van der Waals surface area contributed by atoms with Gasteiger partial charge < -0.3 is 0 Å². The first-order valence-corrected chi connectivity index (χ1v) is 7.19. The smallest absolute Gasteiger partial charge is 0.240 e. The molecule has 1 amide bonds. The number of carbonyl (C=O) groups excluding carboxylic acids is 1. The van der Waals surface area contributed by atoms with Crippen molar-refractivity contribution in [3.63, 3.8) is 0 Å². The molecule has 0 aromatic heterocycles. The molecule has 0 unspecified atom stereocenters. The van der Waals surface area contributed by atoms with Crippen LogP contribution in [0.5, 0.6) is 0 Å². The average molecular weight is 253 g/mol. The van der Waals surface area contributed by atoms with Gasteiger partial charge in [-0.05, 0) is 18.9 Å². The Kier molecular flexibility index (Phi) is 3.19. The minimum Gasteiger partial charge on any atom is -0.273 e. The minimum absolute atomic E-state index is 0.0898. The fourth-order valence-electron chi connectivity index (χ4n) is 2.00. The molecule has 1 aromatic rings. The van der Waals surface area contributed by atoms with Crippen LogP contribution in [0.25, 0.3) is 0 Å². The van der Waals surface area contributed by atoms with E-state index in [1.165, 1.54) is 0 Å². The standard InChI is InChI=1S/C12H15NO3S/c1-10-4-2-5-11(8-10)9-12(14)13-6-3-7-17(13,15)16/h2,4-5,8H,3,6-7,9H2,1H3. The van der Waals surface area contributed by atoms with Crippen molar-refractivity contribution >= 4 is 15.9 Å². The zero-order valence-electron chi connectivity index (χ0n) is 9.72. The largest absolute Gasteiger partial charge is 0.273 e. The molecule has 0 aliphatic carbocycles. The average Bonchev–Trinajstić information content (AvgIpc) is 2.58. The molecule has 1 aromatic carbocycles. The van der Waals surface area contributed by atoms with Gasteiger partial charge in [0.1, 0.15) is 0 Å². The Morgan fingerprint density at radius 3 is 2.76 bits per heavy atom. The van der Waals surface area contributed by atoms with Gasteiger partial charge in [0.25, 0.3) is 0 Å². The van der Waals surface area contributed by atoms with E-state index in [4.69, 9.17) is 0 Å². The molecule has 1 aliphatic heterocycles. The van der Waals surface area contributed by atoms with Crippen LogP contribution in [-0.4, -0.2) is 30.9 Å². The molecule has 1 saturated heterocycles. The third-order valence-electron chi connectivity index (χ3n) is 2.82. The normalized spacial score (nSPS) is 18.3. The van der Waals surface area contributed by atoms with Crippen LogP contribution >= 0.6 is 0 Å². The molecule has 0 saturated carbocycles. The maximum absolute atomic E-state index is 11.9. The van der Waals surface area contributed by atoms with Crippen LogP contribution in [0.2, 0.25) is 0 Å². The van der Waals surface area contributed by atoms with Gasteiger partial charge in [0.05, 0.1) is 12.2 Å². The van der Waals surface area contributed by atoms with Gasteiger partial charge in [-0.15, -0.1) is 0 Å². The van der Waals surface area contributed by atoms with Crippen LogP contribution in [0.3, 0.4) is 0 Å². The van der Waals surface area contributed by atoms with Crippen LogP contribution in [0.1, 0.15) is 17.5 Å². The van der Waals surface area contributed by atoms with E-state index in [2.05, 4.69) is 0 Å². The molecule has 0 spiro atoms. The predicted octanol–water partition coefficient (Wildman–Crippen LogP) is 1.10. The van der Waals surface area contributed by atoms with E-state index in [1.807, 2.05) is 31.2 Å². The molecule has 2 rings (SSSR count). The number of carbonyl (C=O) groups is 1. The summed E-state index contributed by atoms with van der Waals surface area (Å²) in [5.41, 5.74) is 1.93. The molecule has 1 fully saturated rings. The summed E-state index contributed by atoms with van der Waals surface area (Å²) < 4.78 is 24.1. The van der Waals surface area contributed by atoms with Crippen LogP contribution in [0, 0.1) is 6.92 Å². The maximum atomic E-state index is 11.9. The summed E-state index contributed by atoms with van der Waals surface area (Å²) in [5.74, 6) is -0.236. The number of amides is 1. The van der Waals surface area contributed by atoms with Crippen molar-refractivity contribution in [2.24, 2.45) is 0 Å². The van der Waals surface area contributed by atoms with Gasteiger partial charge in [-0.1, -0.05) is 29.8 Å². The summed E-state index contributed by atoms with van der Waals surface area (Å²) in [4.78, 5) is 11.9. The second-order valence-electron chi connectivity index (χ2n) is 4.30. The number of sulfonamides is 1. The third kappa shape index (κ3) is 2.66. The minimum atomic E-state index is -3.33. The van der Waals surface area contributed by atoms with Gasteiger partial charge in [0, 0.05) is 6.54 Å². The third-order valence-corrected chi connectivity index (χ3v) is 4.68. The summed E-state index contributed by atoms with van der Waals surface area (Å²) in [7, 11) is -3.33. The molecule has 4 nitrogen and oxygen atoms in total. The summed E-state index contributed by atoms with van der Waals surface area (Å²) >= 11 is 0. The molecule has 1 aliphatic rings. The van der Waals surface area contributed by atoms with Gasteiger partial charge in [-0.2, -0.15) is 0 Å². The molecule has 17 heavy (non-hydrogen) atoms. The Bertz CT molecular complexity index is 536. The van der Waals surface area contributed by atoms with E-state index in [0.29, 0.717) is 13.0 Å². The molecule has 0 bridgehead atoms. The van der Waals surface area contributed by atoms with E-state index >= 15 is 0 Å². The highest BCUT2D eigenvalue weighted by atomic mass is 32.2. The van der Waals surface area contributed by atoms with Crippen LogP contribution < -0.4 is 0 Å². The Hall–Kier alpha value is -1.36. The summed E-state index contributed by atoms with van der Waals surface area (Å²) in [6.45, 7) is 2.27. The predicted molar refractivity (Wildman–Crippen MR) is 65.0 cm³/mol. The zero-order valence-corrected chi connectivity index (χ0v) is 10.5. The molecule has 0 atom stereocenters. The van der Waals surface area contributed by atoms with Gasteiger partial charge in [-0.25, -0.2) is 12.7 Å². The van der Waals surface area contributed by atoms with Gasteiger partial charge >= 0.3 is 0 Å². The molecule has 1 heterocycles. The van der Waals surface area contributed by atoms with Crippen molar-refractivity contribution in [1.29, 1.82) is 0 Å². The van der Waals surface area contributed by atoms with Crippen LogP contribution in [0.4, 0.5) is 0 Å². The first kappa shape index (κ1) is 12.1. The Balaban J connectivity index is 2.12. The number of rotatable bonds is 2. The lowest BCUT2D eigenvalue weighted by Crippen LogP contribution is -2.33. The lowest BCUT2D eigenvalue weighted by Gasteiger charge is -2.14. The molecule has 92 valence electrons. The molecule has 0 N–H and O–H groups in total. The van der Waals surface area contributed by atoms with Crippen molar-refractivity contribution in [2.75, 3.05) is 12.3 Å². The number of hydrogen-bond acceptors (Lipinski definition) is 3. The Morgan fingerprint density at radius 2 is 2.18 bits per heavy atom. The molecular formula is C12H15NO3S. The van der Waals surface area contributed by atoms with Gasteiger partial charge in [-0.3, -0.25) is 4.79 Å². The van der Waals surface area contributed by atoms with Gasteiger partial charge in [0.2, 0.25) is 15.9 Å². The zero-order chi connectivity index (χ0) is 12.5. The second-order valence-corrected chi connectivity index (χ2v) is 6.31. The lowest BCUT2D eigenvalue weighted by atomic mass is 10.1. The summed E-state index contributed by atoms with van der Waals surface area (Å²) in [5, 5.41) is 0. The van der Waals surface area contributed by atoms with Crippen LogP contribution in [0.15, 0.2) is 24.3 Å². The molecule has 5 heteroatoms. The topological polar surface area (TPSA) is 54.5 Å². The van der Waals surface area contributed by atoms with Crippen molar-refractivity contribution in [3.8, 4) is 0 Å². The number of benzene rings is 1. The van der Waals surface area contributed by atoms with E-state index in [1.54, 1.807) is 0 Å².